The molecule has 0 saturated heterocycles. The Bertz CT molecular complexity index is 568. The molecule has 2 N–H and O–H groups in total. The fourth-order valence-corrected chi connectivity index (χ4v) is 2.95. The Balaban J connectivity index is 2.62. The molecular weight excluding hydrogens is 280 g/mol. The van der Waals surface area contributed by atoms with Gasteiger partial charge >= 0.3 is 0 Å². The summed E-state index contributed by atoms with van der Waals surface area (Å²) in [6.45, 7) is 3.37. The summed E-state index contributed by atoms with van der Waals surface area (Å²) in [4.78, 5) is 11.8. The number of nitrogens with one attached hydrogen (secondary N) is 2. The normalized spacial score (nSPS) is 11.5. The van der Waals surface area contributed by atoms with Crippen molar-refractivity contribution in [1.29, 1.82) is 0 Å². The molecule has 0 saturated carbocycles. The molecule has 0 unspecified atom stereocenters. The van der Waals surface area contributed by atoms with Gasteiger partial charge in [-0.25, -0.2) is 13.1 Å². The van der Waals surface area contributed by atoms with Crippen LogP contribution in [0.4, 0.5) is 5.69 Å². The lowest BCUT2D eigenvalue weighted by Crippen LogP contribution is -2.27. The molecule has 1 aromatic rings. The van der Waals surface area contributed by atoms with Gasteiger partial charge in [0.1, 0.15) is 0 Å². The Morgan fingerprint density at radius 3 is 2.65 bits per heavy atom. The van der Waals surface area contributed by atoms with E-state index in [1.54, 1.807) is 0 Å². The molecule has 0 aliphatic rings. The maximum absolute atomic E-state index is 11.8. The van der Waals surface area contributed by atoms with E-state index in [9.17, 15) is 13.2 Å². The topological polar surface area (TPSA) is 93.1 Å². The Morgan fingerprint density at radius 1 is 1.30 bits per heavy atom. The van der Waals surface area contributed by atoms with E-state index >= 15 is 0 Å². The molecule has 0 aliphatic heterocycles. The number of hydrogen-bond donors (Lipinski definition) is 2. The molecule has 1 aromatic heterocycles. The average Bonchev–Trinajstić information content (AvgIpc) is 2.38. The van der Waals surface area contributed by atoms with Crippen LogP contribution in [0.15, 0.2) is 17.1 Å². The predicted molar refractivity (Wildman–Crippen MR) is 79.9 cm³/mol. The summed E-state index contributed by atoms with van der Waals surface area (Å²) in [6.07, 6.45) is 2.11. The van der Waals surface area contributed by atoms with Crippen molar-refractivity contribution >= 4 is 15.5 Å². The third-order valence-corrected chi connectivity index (χ3v) is 4.54. The largest absolute Gasteiger partial charge is 0.382 e. The van der Waals surface area contributed by atoms with Gasteiger partial charge in [0.25, 0.3) is 5.56 Å². The first kappa shape index (κ1) is 16.6. The predicted octanol–water partition coefficient (Wildman–Crippen LogP) is -0.301. The van der Waals surface area contributed by atoms with Crippen LogP contribution in [0.1, 0.15) is 13.3 Å². The molecule has 114 valence electrons. The van der Waals surface area contributed by atoms with Gasteiger partial charge in [-0.2, -0.15) is 5.10 Å². The van der Waals surface area contributed by atoms with Crippen molar-refractivity contribution in [3.05, 3.63) is 22.6 Å². The van der Waals surface area contributed by atoms with Gasteiger partial charge in [0, 0.05) is 24.9 Å². The van der Waals surface area contributed by atoms with E-state index in [-0.39, 0.29) is 23.6 Å². The number of aromatic nitrogens is 2. The van der Waals surface area contributed by atoms with Crippen LogP contribution in [0.25, 0.3) is 0 Å². The van der Waals surface area contributed by atoms with E-state index in [1.807, 2.05) is 14.0 Å². The second-order valence-electron chi connectivity index (χ2n) is 4.49. The lowest BCUT2D eigenvalue weighted by Gasteiger charge is -2.08. The molecule has 0 aliphatic carbocycles. The number of nitrogens with zero attached hydrogens (tertiary/aromatic N) is 2. The fourth-order valence-electron chi connectivity index (χ4n) is 1.67. The summed E-state index contributed by atoms with van der Waals surface area (Å²) in [7, 11) is -1.26. The van der Waals surface area contributed by atoms with Crippen molar-refractivity contribution in [2.45, 2.75) is 19.9 Å². The van der Waals surface area contributed by atoms with Gasteiger partial charge in [-0.1, -0.05) is 6.92 Å². The number of rotatable bonds is 9. The van der Waals surface area contributed by atoms with Crippen LogP contribution in [0.2, 0.25) is 0 Å². The highest BCUT2D eigenvalue weighted by Crippen LogP contribution is 1.99. The summed E-state index contributed by atoms with van der Waals surface area (Å²) >= 11 is 0. The van der Waals surface area contributed by atoms with Gasteiger partial charge < -0.3 is 10.6 Å². The van der Waals surface area contributed by atoms with Crippen molar-refractivity contribution in [3.8, 4) is 0 Å². The molecule has 0 amide bonds. The lowest BCUT2D eigenvalue weighted by atomic mass is 10.4. The van der Waals surface area contributed by atoms with Crippen molar-refractivity contribution < 1.29 is 8.42 Å². The van der Waals surface area contributed by atoms with Crippen molar-refractivity contribution in [1.82, 2.24) is 15.1 Å². The van der Waals surface area contributed by atoms with E-state index in [4.69, 9.17) is 0 Å². The first-order valence-electron chi connectivity index (χ1n) is 6.64. The fraction of sp³-hybridized carbons (Fsp3) is 0.667. The summed E-state index contributed by atoms with van der Waals surface area (Å²) in [5.74, 6) is 0.0890. The van der Waals surface area contributed by atoms with E-state index in [0.29, 0.717) is 18.7 Å². The molecular formula is C12H22N4O3S. The standard InChI is InChI=1S/C12H22N4O3S/c1-3-7-20(18,19)8-6-16-12(17)9-11(10-15-16)14-5-4-13-2/h9-10,13-14H,3-8H2,1-2H3. The number of anilines is 1. The molecule has 0 fully saturated rings. The van der Waals surface area contributed by atoms with Crippen LogP contribution in [0.3, 0.4) is 0 Å². The monoisotopic (exact) mass is 302 g/mol. The third kappa shape index (κ3) is 5.70. The first-order valence-corrected chi connectivity index (χ1v) is 8.46. The third-order valence-electron chi connectivity index (χ3n) is 2.70. The molecule has 0 spiro atoms. The summed E-state index contributed by atoms with van der Waals surface area (Å²) in [6, 6.07) is 1.43. The van der Waals surface area contributed by atoms with Crippen LogP contribution in [-0.4, -0.2) is 49.8 Å². The first-order chi connectivity index (χ1) is 9.48. The highest BCUT2D eigenvalue weighted by Gasteiger charge is 2.10. The Labute approximate surface area is 119 Å². The molecule has 8 heteroatoms. The maximum Gasteiger partial charge on any atom is 0.268 e. The second kappa shape index (κ2) is 8.01. The van der Waals surface area contributed by atoms with E-state index in [1.165, 1.54) is 16.9 Å². The second-order valence-corrected chi connectivity index (χ2v) is 6.79. The lowest BCUT2D eigenvalue weighted by molar-refractivity contribution is 0.570. The molecule has 0 bridgehead atoms. The minimum Gasteiger partial charge on any atom is -0.382 e. The molecule has 20 heavy (non-hydrogen) atoms. The maximum atomic E-state index is 11.8. The van der Waals surface area contributed by atoms with Gasteiger partial charge in [-0.05, 0) is 13.5 Å². The number of aryl methyl sites for hydroxylation is 1. The molecule has 0 aromatic carbocycles. The zero-order chi connectivity index (χ0) is 15.0. The number of hydrogen-bond acceptors (Lipinski definition) is 6. The molecule has 1 heterocycles. The Morgan fingerprint density at radius 2 is 2.05 bits per heavy atom. The SMILES string of the molecule is CCCS(=O)(=O)CCn1ncc(NCCNC)cc1=O. The van der Waals surface area contributed by atoms with Crippen LogP contribution < -0.4 is 16.2 Å². The molecule has 1 rings (SSSR count). The van der Waals surface area contributed by atoms with Crippen molar-refractivity contribution in [3.63, 3.8) is 0 Å². The summed E-state index contributed by atoms with van der Waals surface area (Å²) in [5, 5.41) is 10.0. The number of likely N-dealkylation sites (N-methyl/N-ethyl adjacent to an activating group) is 1. The zero-order valence-corrected chi connectivity index (χ0v) is 12.7. The van der Waals surface area contributed by atoms with E-state index < -0.39 is 9.84 Å². The van der Waals surface area contributed by atoms with Crippen LogP contribution in [-0.2, 0) is 16.4 Å². The van der Waals surface area contributed by atoms with Crippen molar-refractivity contribution in [2.75, 3.05) is 37.0 Å². The quantitative estimate of drug-likeness (QED) is 0.608. The average molecular weight is 302 g/mol. The van der Waals surface area contributed by atoms with Gasteiger partial charge in [0.15, 0.2) is 9.84 Å². The Hall–Kier alpha value is -1.41. The summed E-state index contributed by atoms with van der Waals surface area (Å²) in [5.41, 5.74) is 0.337. The van der Waals surface area contributed by atoms with Gasteiger partial charge in [-0.3, -0.25) is 4.79 Å². The van der Waals surface area contributed by atoms with Crippen molar-refractivity contribution in [2.24, 2.45) is 0 Å². The summed E-state index contributed by atoms with van der Waals surface area (Å²) < 4.78 is 24.4. The van der Waals surface area contributed by atoms with E-state index in [2.05, 4.69) is 15.7 Å². The molecule has 0 atom stereocenters. The highest BCUT2D eigenvalue weighted by molar-refractivity contribution is 7.91. The van der Waals surface area contributed by atoms with Crippen LogP contribution in [0, 0.1) is 0 Å². The molecule has 0 radical (unpaired) electrons. The van der Waals surface area contributed by atoms with Crippen LogP contribution in [0.5, 0.6) is 0 Å². The van der Waals surface area contributed by atoms with E-state index in [0.717, 1.165) is 6.54 Å². The highest BCUT2D eigenvalue weighted by atomic mass is 32.2. The van der Waals surface area contributed by atoms with Gasteiger partial charge in [-0.15, -0.1) is 0 Å². The molecule has 7 nitrogen and oxygen atoms in total. The minimum absolute atomic E-state index is 0.0553. The number of sulfone groups is 1. The van der Waals surface area contributed by atoms with Crippen LogP contribution >= 0.6 is 0 Å². The smallest absolute Gasteiger partial charge is 0.268 e. The minimum atomic E-state index is -3.10. The van der Waals surface area contributed by atoms with Gasteiger partial charge in [0.05, 0.1) is 24.2 Å². The Kier molecular flexibility index (Phi) is 6.66. The van der Waals surface area contributed by atoms with Gasteiger partial charge in [0.2, 0.25) is 0 Å². The zero-order valence-electron chi connectivity index (χ0n) is 11.9.